The molecule has 1 aliphatic heterocycles. The molecule has 24 heavy (non-hydrogen) atoms. The maximum atomic E-state index is 4.65. The summed E-state index contributed by atoms with van der Waals surface area (Å²) in [5.41, 5.74) is 4.70. The zero-order valence-electron chi connectivity index (χ0n) is 14.8. The molecule has 0 radical (unpaired) electrons. The van der Waals surface area contributed by atoms with E-state index in [1.54, 1.807) is 11.3 Å². The molecule has 1 N–H and O–H groups in total. The van der Waals surface area contributed by atoms with Crippen molar-refractivity contribution in [2.24, 2.45) is 12.5 Å². The Hall–Kier alpha value is -1.17. The molecular weight excluding hydrogens is 316 g/mol. The minimum Gasteiger partial charge on any atom is -0.317 e. The minimum atomic E-state index is 0.579. The van der Waals surface area contributed by atoms with Gasteiger partial charge in [0.05, 0.1) is 5.69 Å². The summed E-state index contributed by atoms with van der Waals surface area (Å²) >= 11 is 1.81. The van der Waals surface area contributed by atoms with E-state index in [1.165, 1.54) is 49.2 Å². The maximum absolute atomic E-state index is 4.65. The van der Waals surface area contributed by atoms with Gasteiger partial charge < -0.3 is 5.32 Å². The Morgan fingerprint density at radius 2 is 2.21 bits per heavy atom. The molecule has 1 saturated heterocycles. The summed E-state index contributed by atoms with van der Waals surface area (Å²) in [5, 5.41) is 12.7. The molecule has 1 saturated carbocycles. The van der Waals surface area contributed by atoms with Crippen LogP contribution in [0.2, 0.25) is 0 Å². The van der Waals surface area contributed by atoms with E-state index in [-0.39, 0.29) is 0 Å². The first kappa shape index (κ1) is 16.3. The predicted octanol–water partition coefficient (Wildman–Crippen LogP) is 3.19. The fraction of sp³-hybridized carbons (Fsp3) is 0.632. The van der Waals surface area contributed by atoms with Crippen LogP contribution >= 0.6 is 11.3 Å². The highest BCUT2D eigenvalue weighted by Gasteiger charge is 2.56. The van der Waals surface area contributed by atoms with Crippen LogP contribution in [0.3, 0.4) is 0 Å². The van der Waals surface area contributed by atoms with E-state index in [0.29, 0.717) is 5.41 Å². The van der Waals surface area contributed by atoms with E-state index < -0.39 is 0 Å². The van der Waals surface area contributed by atoms with Crippen LogP contribution in [-0.2, 0) is 26.6 Å². The molecule has 4 nitrogen and oxygen atoms in total. The first-order chi connectivity index (χ1) is 11.7. The second-order valence-corrected chi connectivity index (χ2v) is 8.28. The molecule has 5 heteroatoms. The van der Waals surface area contributed by atoms with Crippen molar-refractivity contribution in [3.63, 3.8) is 0 Å². The van der Waals surface area contributed by atoms with Crippen molar-refractivity contribution in [1.29, 1.82) is 0 Å². The molecule has 1 spiro atoms. The molecule has 0 amide bonds. The first-order valence-electron chi connectivity index (χ1n) is 9.17. The number of nitrogens with zero attached hydrogens (tertiary/aromatic N) is 3. The Labute approximate surface area is 148 Å². The van der Waals surface area contributed by atoms with Gasteiger partial charge in [0.2, 0.25) is 0 Å². The molecular formula is C19H28N4S. The van der Waals surface area contributed by atoms with Crippen molar-refractivity contribution in [2.45, 2.75) is 51.7 Å². The van der Waals surface area contributed by atoms with Crippen molar-refractivity contribution in [3.8, 4) is 0 Å². The Morgan fingerprint density at radius 3 is 2.92 bits per heavy atom. The number of aromatic nitrogens is 2. The molecule has 1 aliphatic carbocycles. The van der Waals surface area contributed by atoms with Gasteiger partial charge in [-0.15, -0.1) is 0 Å². The van der Waals surface area contributed by atoms with Gasteiger partial charge in [0, 0.05) is 37.9 Å². The van der Waals surface area contributed by atoms with Gasteiger partial charge in [-0.3, -0.25) is 9.58 Å². The molecule has 2 aromatic rings. The second-order valence-electron chi connectivity index (χ2n) is 7.50. The third kappa shape index (κ3) is 3.17. The Morgan fingerprint density at radius 1 is 1.38 bits per heavy atom. The fourth-order valence-corrected chi connectivity index (χ4v) is 5.09. The van der Waals surface area contributed by atoms with E-state index in [4.69, 9.17) is 0 Å². The van der Waals surface area contributed by atoms with Crippen LogP contribution in [0, 0.1) is 5.41 Å². The van der Waals surface area contributed by atoms with Crippen LogP contribution < -0.4 is 5.32 Å². The third-order valence-electron chi connectivity index (χ3n) is 5.85. The van der Waals surface area contributed by atoms with E-state index >= 15 is 0 Å². The molecule has 130 valence electrons. The highest BCUT2D eigenvalue weighted by molar-refractivity contribution is 7.07. The van der Waals surface area contributed by atoms with Gasteiger partial charge in [-0.05, 0) is 66.6 Å². The number of rotatable bonds is 6. The summed E-state index contributed by atoms with van der Waals surface area (Å²) in [4.78, 5) is 2.73. The smallest absolute Gasteiger partial charge is 0.0666 e. The number of hydrogen-bond donors (Lipinski definition) is 1. The Balaban J connectivity index is 1.54. The van der Waals surface area contributed by atoms with Gasteiger partial charge in [0.25, 0.3) is 0 Å². The number of nitrogens with one attached hydrogen (secondary N) is 1. The zero-order chi connectivity index (χ0) is 16.6. The first-order valence-corrected chi connectivity index (χ1v) is 10.1. The molecule has 0 bridgehead atoms. The van der Waals surface area contributed by atoms with Crippen molar-refractivity contribution in [1.82, 2.24) is 20.0 Å². The van der Waals surface area contributed by atoms with Crippen LogP contribution in [0.5, 0.6) is 0 Å². The molecule has 1 atom stereocenters. The topological polar surface area (TPSA) is 33.1 Å². The molecule has 2 fully saturated rings. The monoisotopic (exact) mass is 344 g/mol. The number of aryl methyl sites for hydroxylation is 2. The van der Waals surface area contributed by atoms with Crippen LogP contribution in [0.25, 0.3) is 0 Å². The van der Waals surface area contributed by atoms with Crippen molar-refractivity contribution in [2.75, 3.05) is 13.1 Å². The Kier molecular flexibility index (Phi) is 4.50. The van der Waals surface area contributed by atoms with E-state index in [9.17, 15) is 0 Å². The standard InChI is InChI=1S/C19H28N4S/c1-3-17-16(12-22(2)21-17)13-23(11-15-4-9-24-14-15)18-10-19(18)5-7-20-8-6-19/h4,9,12,14,18,20H,3,5-8,10-11,13H2,1-2H3/t18-/m1/s1. The lowest BCUT2D eigenvalue weighted by Crippen LogP contribution is -2.35. The summed E-state index contributed by atoms with van der Waals surface area (Å²) < 4.78 is 1.98. The number of hydrogen-bond acceptors (Lipinski definition) is 4. The fourth-order valence-electron chi connectivity index (χ4n) is 4.43. The summed E-state index contributed by atoms with van der Waals surface area (Å²) in [6.07, 6.45) is 7.29. The van der Waals surface area contributed by atoms with Crippen LogP contribution in [0.15, 0.2) is 23.0 Å². The average molecular weight is 345 g/mol. The summed E-state index contributed by atoms with van der Waals surface area (Å²) in [7, 11) is 2.04. The molecule has 0 aromatic carbocycles. The number of thiophene rings is 1. The lowest BCUT2D eigenvalue weighted by atomic mass is 9.93. The van der Waals surface area contributed by atoms with Gasteiger partial charge in [-0.25, -0.2) is 0 Å². The normalized spacial score (nSPS) is 22.4. The zero-order valence-corrected chi connectivity index (χ0v) is 15.6. The average Bonchev–Trinajstić information content (AvgIpc) is 2.93. The molecule has 0 unspecified atom stereocenters. The van der Waals surface area contributed by atoms with E-state index in [1.807, 2.05) is 11.7 Å². The van der Waals surface area contributed by atoms with Gasteiger partial charge in [0.15, 0.2) is 0 Å². The summed E-state index contributed by atoms with van der Waals surface area (Å²) in [6, 6.07) is 3.02. The van der Waals surface area contributed by atoms with Crippen molar-refractivity contribution >= 4 is 11.3 Å². The highest BCUT2D eigenvalue weighted by Crippen LogP contribution is 2.56. The van der Waals surface area contributed by atoms with Crippen LogP contribution in [0.1, 0.15) is 43.0 Å². The van der Waals surface area contributed by atoms with Crippen LogP contribution in [-0.4, -0.2) is 33.8 Å². The SMILES string of the molecule is CCc1nn(C)cc1CN(Cc1ccsc1)[C@@H]1CC12CCNCC2. The quantitative estimate of drug-likeness (QED) is 0.874. The predicted molar refractivity (Wildman–Crippen MR) is 99.1 cm³/mol. The van der Waals surface area contributed by atoms with E-state index in [2.05, 4.69) is 45.3 Å². The second kappa shape index (κ2) is 6.62. The van der Waals surface area contributed by atoms with Crippen molar-refractivity contribution < 1.29 is 0 Å². The van der Waals surface area contributed by atoms with E-state index in [0.717, 1.165) is 25.6 Å². The minimum absolute atomic E-state index is 0.579. The van der Waals surface area contributed by atoms with Gasteiger partial charge in [-0.2, -0.15) is 16.4 Å². The van der Waals surface area contributed by atoms with Gasteiger partial charge >= 0.3 is 0 Å². The van der Waals surface area contributed by atoms with Gasteiger partial charge in [-0.1, -0.05) is 6.92 Å². The molecule has 4 rings (SSSR count). The molecule has 3 heterocycles. The molecule has 2 aromatic heterocycles. The number of piperidine rings is 1. The van der Waals surface area contributed by atoms with Crippen LogP contribution in [0.4, 0.5) is 0 Å². The largest absolute Gasteiger partial charge is 0.317 e. The lowest BCUT2D eigenvalue weighted by Gasteiger charge is -2.29. The molecule has 2 aliphatic rings. The third-order valence-corrected chi connectivity index (χ3v) is 6.58. The lowest BCUT2D eigenvalue weighted by molar-refractivity contribution is 0.188. The highest BCUT2D eigenvalue weighted by atomic mass is 32.1. The maximum Gasteiger partial charge on any atom is 0.0666 e. The van der Waals surface area contributed by atoms with Crippen molar-refractivity contribution in [3.05, 3.63) is 39.8 Å². The Bertz CT molecular complexity index is 670. The summed E-state index contributed by atoms with van der Waals surface area (Å²) in [6.45, 7) is 6.69. The summed E-state index contributed by atoms with van der Waals surface area (Å²) in [5.74, 6) is 0. The van der Waals surface area contributed by atoms with Gasteiger partial charge in [0.1, 0.15) is 0 Å².